The highest BCUT2D eigenvalue weighted by molar-refractivity contribution is 9.11. The van der Waals surface area contributed by atoms with Crippen LogP contribution in [0.15, 0.2) is 15.9 Å². The summed E-state index contributed by atoms with van der Waals surface area (Å²) in [6, 6.07) is 3.56. The van der Waals surface area contributed by atoms with Crippen LogP contribution in [-0.4, -0.2) is 17.9 Å². The number of nitrogens with one attached hydrogen (secondary N) is 2. The predicted molar refractivity (Wildman–Crippen MR) is 65.0 cm³/mol. The van der Waals surface area contributed by atoms with Crippen LogP contribution in [0.2, 0.25) is 0 Å². The molecule has 0 aromatic carbocycles. The summed E-state index contributed by atoms with van der Waals surface area (Å²) in [4.78, 5) is 23.7. The van der Waals surface area contributed by atoms with Crippen LogP contribution < -0.4 is 10.6 Å². The number of carbonyl (C=O) groups is 2. The van der Waals surface area contributed by atoms with Gasteiger partial charge in [-0.1, -0.05) is 0 Å². The molecular weight excluding hydrogens is 292 g/mol. The lowest BCUT2D eigenvalue weighted by Crippen LogP contribution is -2.41. The number of carbonyl (C=O) groups excluding carboxylic acids is 2. The standard InChI is InChI=1S/C10H11BrN2O2S/c11-8-3-1-6(16-8)5-12-10(15)7-2-4-9(14)13-7/h1,3,7H,2,4-5H2,(H,12,15)(H,13,14)/t7-/m0/s1. The minimum Gasteiger partial charge on any atom is -0.349 e. The zero-order valence-electron chi connectivity index (χ0n) is 8.46. The van der Waals surface area contributed by atoms with Crippen molar-refractivity contribution < 1.29 is 9.59 Å². The molecule has 1 aromatic rings. The Kier molecular flexibility index (Phi) is 3.60. The number of hydrogen-bond acceptors (Lipinski definition) is 3. The molecule has 0 radical (unpaired) electrons. The van der Waals surface area contributed by atoms with Crippen molar-refractivity contribution in [3.05, 3.63) is 20.8 Å². The molecule has 1 aromatic heterocycles. The quantitative estimate of drug-likeness (QED) is 0.887. The van der Waals surface area contributed by atoms with Crippen LogP contribution in [0.4, 0.5) is 0 Å². The summed E-state index contributed by atoms with van der Waals surface area (Å²) in [5.74, 6) is -0.144. The van der Waals surface area contributed by atoms with Crippen LogP contribution in [-0.2, 0) is 16.1 Å². The van der Waals surface area contributed by atoms with Crippen molar-refractivity contribution in [2.45, 2.75) is 25.4 Å². The van der Waals surface area contributed by atoms with E-state index < -0.39 is 0 Å². The zero-order chi connectivity index (χ0) is 11.5. The van der Waals surface area contributed by atoms with Gasteiger partial charge in [-0.3, -0.25) is 9.59 Å². The van der Waals surface area contributed by atoms with Gasteiger partial charge in [-0.15, -0.1) is 11.3 Å². The van der Waals surface area contributed by atoms with E-state index in [1.165, 1.54) is 0 Å². The fraction of sp³-hybridized carbons (Fsp3) is 0.400. The number of halogens is 1. The van der Waals surface area contributed by atoms with Gasteiger partial charge in [0.1, 0.15) is 6.04 Å². The summed E-state index contributed by atoms with van der Waals surface area (Å²) in [6.07, 6.45) is 1.04. The molecule has 4 nitrogen and oxygen atoms in total. The molecule has 0 saturated carbocycles. The van der Waals surface area contributed by atoms with Crippen molar-refractivity contribution in [3.63, 3.8) is 0 Å². The first-order chi connectivity index (χ1) is 7.65. The van der Waals surface area contributed by atoms with Gasteiger partial charge in [-0.2, -0.15) is 0 Å². The Hall–Kier alpha value is -0.880. The van der Waals surface area contributed by atoms with Crippen molar-refractivity contribution in [2.24, 2.45) is 0 Å². The smallest absolute Gasteiger partial charge is 0.242 e. The van der Waals surface area contributed by atoms with E-state index in [0.717, 1.165) is 8.66 Å². The van der Waals surface area contributed by atoms with Gasteiger partial charge in [0.15, 0.2) is 0 Å². The van der Waals surface area contributed by atoms with Gasteiger partial charge in [0.05, 0.1) is 10.3 Å². The Labute approximate surface area is 106 Å². The zero-order valence-corrected chi connectivity index (χ0v) is 10.9. The van der Waals surface area contributed by atoms with Gasteiger partial charge in [0.25, 0.3) is 0 Å². The van der Waals surface area contributed by atoms with Crippen LogP contribution >= 0.6 is 27.3 Å². The van der Waals surface area contributed by atoms with E-state index in [1.807, 2.05) is 12.1 Å². The molecule has 1 aliphatic heterocycles. The first-order valence-electron chi connectivity index (χ1n) is 4.96. The average molecular weight is 303 g/mol. The minimum absolute atomic E-state index is 0.0426. The van der Waals surface area contributed by atoms with Crippen LogP contribution in [0.3, 0.4) is 0 Å². The summed E-state index contributed by atoms with van der Waals surface area (Å²) >= 11 is 4.95. The van der Waals surface area contributed by atoms with Gasteiger partial charge in [-0.25, -0.2) is 0 Å². The number of rotatable bonds is 3. The van der Waals surface area contributed by atoms with E-state index >= 15 is 0 Å². The monoisotopic (exact) mass is 302 g/mol. The van der Waals surface area contributed by atoms with Crippen molar-refractivity contribution in [1.82, 2.24) is 10.6 Å². The molecule has 1 fully saturated rings. The summed E-state index contributed by atoms with van der Waals surface area (Å²) in [5, 5.41) is 5.45. The molecule has 2 N–H and O–H groups in total. The van der Waals surface area contributed by atoms with Gasteiger partial charge in [0.2, 0.25) is 11.8 Å². The molecule has 1 aliphatic rings. The molecule has 6 heteroatoms. The van der Waals surface area contributed by atoms with Gasteiger partial charge in [0, 0.05) is 11.3 Å². The fourth-order valence-corrected chi connectivity index (χ4v) is 2.98. The molecule has 2 heterocycles. The molecule has 2 amide bonds. The maximum absolute atomic E-state index is 11.6. The second-order valence-corrected chi connectivity index (χ2v) is 6.13. The molecule has 86 valence electrons. The van der Waals surface area contributed by atoms with Crippen LogP contribution in [0.25, 0.3) is 0 Å². The Morgan fingerprint density at radius 2 is 2.44 bits per heavy atom. The highest BCUT2D eigenvalue weighted by Crippen LogP contribution is 2.21. The summed E-state index contributed by atoms with van der Waals surface area (Å²) in [7, 11) is 0. The summed E-state index contributed by atoms with van der Waals surface area (Å²) in [6.45, 7) is 0.515. The van der Waals surface area contributed by atoms with E-state index in [2.05, 4.69) is 26.6 Å². The van der Waals surface area contributed by atoms with Gasteiger partial charge in [-0.05, 0) is 34.5 Å². The van der Waals surface area contributed by atoms with E-state index in [4.69, 9.17) is 0 Å². The Morgan fingerprint density at radius 1 is 1.62 bits per heavy atom. The summed E-state index contributed by atoms with van der Waals surface area (Å²) < 4.78 is 1.05. The molecule has 0 bridgehead atoms. The van der Waals surface area contributed by atoms with Crippen molar-refractivity contribution in [2.75, 3.05) is 0 Å². The van der Waals surface area contributed by atoms with Crippen molar-refractivity contribution in [3.8, 4) is 0 Å². The molecule has 0 unspecified atom stereocenters. The normalized spacial score (nSPS) is 19.6. The first kappa shape index (κ1) is 11.6. The summed E-state index contributed by atoms with van der Waals surface area (Å²) in [5.41, 5.74) is 0. The van der Waals surface area contributed by atoms with Crippen molar-refractivity contribution in [1.29, 1.82) is 0 Å². The van der Waals surface area contributed by atoms with Crippen LogP contribution in [0.1, 0.15) is 17.7 Å². The van der Waals surface area contributed by atoms with E-state index in [0.29, 0.717) is 19.4 Å². The second-order valence-electron chi connectivity index (χ2n) is 3.58. The van der Waals surface area contributed by atoms with Gasteiger partial charge < -0.3 is 10.6 Å². The van der Waals surface area contributed by atoms with E-state index in [1.54, 1.807) is 11.3 Å². The lowest BCUT2D eigenvalue weighted by Gasteiger charge is -2.09. The maximum atomic E-state index is 11.6. The number of amides is 2. The first-order valence-corrected chi connectivity index (χ1v) is 6.57. The third kappa shape index (κ3) is 2.82. The third-order valence-corrected chi connectivity index (χ3v) is 4.00. The van der Waals surface area contributed by atoms with Crippen molar-refractivity contribution >= 4 is 39.1 Å². The second kappa shape index (κ2) is 4.97. The molecule has 16 heavy (non-hydrogen) atoms. The van der Waals surface area contributed by atoms with Crippen LogP contribution in [0.5, 0.6) is 0 Å². The Morgan fingerprint density at radius 3 is 3.00 bits per heavy atom. The maximum Gasteiger partial charge on any atom is 0.242 e. The highest BCUT2D eigenvalue weighted by atomic mass is 79.9. The largest absolute Gasteiger partial charge is 0.349 e. The van der Waals surface area contributed by atoms with Gasteiger partial charge >= 0.3 is 0 Å². The minimum atomic E-state index is -0.351. The van der Waals surface area contributed by atoms with E-state index in [-0.39, 0.29) is 17.9 Å². The Bertz CT molecular complexity index is 419. The van der Waals surface area contributed by atoms with Crippen LogP contribution in [0, 0.1) is 0 Å². The number of hydrogen-bond donors (Lipinski definition) is 2. The van der Waals surface area contributed by atoms with E-state index in [9.17, 15) is 9.59 Å². The SMILES string of the molecule is O=C1CC[C@@H](C(=O)NCc2ccc(Br)s2)N1. The highest BCUT2D eigenvalue weighted by Gasteiger charge is 2.26. The molecule has 0 aliphatic carbocycles. The fourth-order valence-electron chi connectivity index (χ4n) is 1.55. The number of thiophene rings is 1. The molecule has 2 rings (SSSR count). The molecular formula is C10H11BrN2O2S. The topological polar surface area (TPSA) is 58.2 Å². The molecule has 1 atom stereocenters. The third-order valence-electron chi connectivity index (χ3n) is 2.38. The Balaban J connectivity index is 1.82. The molecule has 0 spiro atoms. The molecule has 1 saturated heterocycles. The lowest BCUT2D eigenvalue weighted by atomic mass is 10.2. The lowest BCUT2D eigenvalue weighted by molar-refractivity contribution is -0.125. The predicted octanol–water partition coefficient (Wildman–Crippen LogP) is 1.41. The average Bonchev–Trinajstić information content (AvgIpc) is 2.84.